The van der Waals surface area contributed by atoms with E-state index in [0.717, 1.165) is 18.9 Å². The second kappa shape index (κ2) is 11.4. The second-order valence-electron chi connectivity index (χ2n) is 11.1. The lowest BCUT2D eigenvalue weighted by Gasteiger charge is -2.37. The number of benzene rings is 2. The van der Waals surface area contributed by atoms with E-state index in [9.17, 15) is 24.3 Å². The van der Waals surface area contributed by atoms with Crippen molar-refractivity contribution in [1.29, 1.82) is 0 Å². The van der Waals surface area contributed by atoms with E-state index in [1.54, 1.807) is 29.7 Å². The highest BCUT2D eigenvalue weighted by molar-refractivity contribution is 5.94. The Morgan fingerprint density at radius 2 is 1.70 bits per heavy atom. The summed E-state index contributed by atoms with van der Waals surface area (Å²) in [6.07, 6.45) is 1.33. The van der Waals surface area contributed by atoms with Gasteiger partial charge in [0.05, 0.1) is 35.7 Å². The number of cyclic esters (lactones) is 1. The van der Waals surface area contributed by atoms with Crippen molar-refractivity contribution in [1.82, 2.24) is 4.57 Å². The number of rotatable bonds is 8. The van der Waals surface area contributed by atoms with Gasteiger partial charge in [0.25, 0.3) is 0 Å². The van der Waals surface area contributed by atoms with Crippen molar-refractivity contribution in [3.8, 4) is 0 Å². The Bertz CT molecular complexity index is 1720. The average Bonchev–Trinajstić information content (AvgIpc) is 3.77. The molecular weight excluding hydrogens is 580 g/mol. The number of nitrogens with two attached hydrogens (primary N) is 1. The zero-order chi connectivity index (χ0) is 31.3. The second-order valence-corrected chi connectivity index (χ2v) is 11.1. The van der Waals surface area contributed by atoms with Crippen LogP contribution < -0.4 is 25.9 Å². The van der Waals surface area contributed by atoms with Gasteiger partial charge in [0, 0.05) is 43.8 Å². The van der Waals surface area contributed by atoms with Gasteiger partial charge in [-0.2, -0.15) is 0 Å². The molecule has 1 aromatic heterocycles. The molecule has 0 spiro atoms. The molecule has 0 bridgehead atoms. The van der Waals surface area contributed by atoms with E-state index in [2.05, 4.69) is 0 Å². The zero-order valence-corrected chi connectivity index (χ0v) is 23.9. The Hall–Kier alpha value is -4.72. The summed E-state index contributed by atoms with van der Waals surface area (Å²) in [5.41, 5.74) is 6.09. The van der Waals surface area contributed by atoms with Gasteiger partial charge in [-0.05, 0) is 50.1 Å². The van der Waals surface area contributed by atoms with Crippen molar-refractivity contribution in [3.63, 3.8) is 0 Å². The fourth-order valence-corrected chi connectivity index (χ4v) is 5.79. The number of hydrogen-bond acceptors (Lipinski definition) is 9. The van der Waals surface area contributed by atoms with Gasteiger partial charge in [-0.1, -0.05) is 0 Å². The number of carboxylic acid groups (broad SMARTS) is 1. The van der Waals surface area contributed by atoms with Crippen LogP contribution in [0, 0.1) is 11.6 Å². The Labute approximate surface area is 250 Å². The number of pyridine rings is 1. The lowest BCUT2D eigenvalue weighted by atomic mass is 10.1. The minimum Gasteiger partial charge on any atom is -0.477 e. The smallest absolute Gasteiger partial charge is 0.414 e. The first-order chi connectivity index (χ1) is 21.1. The third kappa shape index (κ3) is 5.29. The van der Waals surface area contributed by atoms with Gasteiger partial charge in [0.1, 0.15) is 29.3 Å². The maximum atomic E-state index is 15.3. The van der Waals surface area contributed by atoms with Crippen LogP contribution in [0.1, 0.15) is 36.2 Å². The number of fused-ring (bicyclic) bond motifs is 1. The summed E-state index contributed by atoms with van der Waals surface area (Å²) in [5.74, 6) is -3.25. The number of ether oxygens (including phenoxy) is 2. The molecule has 2 atom stereocenters. The van der Waals surface area contributed by atoms with Gasteiger partial charge in [-0.25, -0.2) is 18.4 Å². The topological polar surface area (TPSA) is 148 Å². The Balaban J connectivity index is 1.17. The van der Waals surface area contributed by atoms with E-state index in [4.69, 9.17) is 15.2 Å². The fraction of sp³-hybridized carbons (Fsp3) is 0.400. The minimum absolute atomic E-state index is 0.0231. The predicted molar refractivity (Wildman–Crippen MR) is 156 cm³/mol. The zero-order valence-electron chi connectivity index (χ0n) is 23.9. The van der Waals surface area contributed by atoms with Crippen molar-refractivity contribution in [2.75, 3.05) is 54.0 Å². The van der Waals surface area contributed by atoms with Crippen molar-refractivity contribution < 1.29 is 37.7 Å². The highest BCUT2D eigenvalue weighted by Gasteiger charge is 2.40. The van der Waals surface area contributed by atoms with E-state index >= 15 is 8.78 Å². The van der Waals surface area contributed by atoms with Gasteiger partial charge in [-0.15, -0.1) is 0 Å². The van der Waals surface area contributed by atoms with Crippen LogP contribution in [-0.4, -0.2) is 79.2 Å². The van der Waals surface area contributed by atoms with Crippen LogP contribution >= 0.6 is 0 Å². The molecule has 3 aliphatic rings. The summed E-state index contributed by atoms with van der Waals surface area (Å²) in [5, 5.41) is 9.50. The standard InChI is InChI=1S/C30H31F2N5O7/c1-2-43-29(41)26(33)25-15-37(30(42)44-25)17-5-6-22(20(31)11-17)34-7-9-35(10-8-34)24-13-23-18(12-21(24)32)27(38)19(28(39)40)14-36(23)16-3-4-16/h5-6,11-14,16,25-26H,2-4,7-10,15,33H2,1H3,(H,39,40)/t25?,26-/m0/s1. The quantitative estimate of drug-likeness (QED) is 0.365. The maximum absolute atomic E-state index is 15.3. The van der Waals surface area contributed by atoms with Crippen LogP contribution in [0.4, 0.5) is 30.6 Å². The van der Waals surface area contributed by atoms with Crippen LogP contribution in [0.3, 0.4) is 0 Å². The van der Waals surface area contributed by atoms with Crippen molar-refractivity contribution >= 4 is 46.0 Å². The highest BCUT2D eigenvalue weighted by atomic mass is 19.1. The summed E-state index contributed by atoms with van der Waals surface area (Å²) in [7, 11) is 0. The lowest BCUT2D eigenvalue weighted by molar-refractivity contribution is -0.146. The van der Waals surface area contributed by atoms with Crippen LogP contribution in [0.25, 0.3) is 10.9 Å². The number of nitrogens with zero attached hydrogens (tertiary/aromatic N) is 4. The minimum atomic E-state index is -1.35. The molecule has 3 aromatic rings. The summed E-state index contributed by atoms with van der Waals surface area (Å²) in [6, 6.07) is 5.94. The summed E-state index contributed by atoms with van der Waals surface area (Å²) < 4.78 is 42.6. The third-order valence-corrected chi connectivity index (χ3v) is 8.27. The van der Waals surface area contributed by atoms with Crippen molar-refractivity contribution in [3.05, 3.63) is 63.9 Å². The van der Waals surface area contributed by atoms with Gasteiger partial charge < -0.3 is 34.7 Å². The van der Waals surface area contributed by atoms with Gasteiger partial charge in [0.15, 0.2) is 0 Å². The fourth-order valence-electron chi connectivity index (χ4n) is 5.79. The van der Waals surface area contributed by atoms with E-state index in [1.165, 1.54) is 17.2 Å². The number of carbonyl (C=O) groups is 3. The molecule has 2 aromatic carbocycles. The molecule has 1 aliphatic carbocycles. The molecule has 44 heavy (non-hydrogen) atoms. The van der Waals surface area contributed by atoms with E-state index in [-0.39, 0.29) is 41.5 Å². The number of anilines is 3. The van der Waals surface area contributed by atoms with Gasteiger partial charge in [0.2, 0.25) is 5.43 Å². The molecule has 3 heterocycles. The normalized spacial score (nSPS) is 19.3. The monoisotopic (exact) mass is 611 g/mol. The molecule has 232 valence electrons. The lowest BCUT2D eigenvalue weighted by Crippen LogP contribution is -2.47. The number of aromatic nitrogens is 1. The number of hydrogen-bond donors (Lipinski definition) is 2. The largest absolute Gasteiger partial charge is 0.477 e. The van der Waals surface area contributed by atoms with Crippen LogP contribution in [0.15, 0.2) is 41.3 Å². The number of piperazine rings is 1. The van der Waals surface area contributed by atoms with Gasteiger partial charge in [-0.3, -0.25) is 14.5 Å². The third-order valence-electron chi connectivity index (χ3n) is 8.27. The molecule has 14 heteroatoms. The van der Waals surface area contributed by atoms with Gasteiger partial charge >= 0.3 is 18.0 Å². The number of halogens is 2. The number of amides is 1. The van der Waals surface area contributed by atoms with E-state index in [1.807, 2.05) is 9.80 Å². The van der Waals surface area contributed by atoms with E-state index < -0.39 is 47.2 Å². The van der Waals surface area contributed by atoms with Crippen molar-refractivity contribution in [2.45, 2.75) is 38.0 Å². The molecule has 1 amide bonds. The number of esters is 1. The molecule has 6 rings (SSSR count). The molecule has 2 saturated heterocycles. The van der Waals surface area contributed by atoms with Crippen molar-refractivity contribution in [2.24, 2.45) is 5.73 Å². The van der Waals surface area contributed by atoms with Crippen LogP contribution in [0.5, 0.6) is 0 Å². The molecule has 12 nitrogen and oxygen atoms in total. The number of aromatic carboxylic acids is 1. The Morgan fingerprint density at radius 3 is 2.32 bits per heavy atom. The average molecular weight is 612 g/mol. The maximum Gasteiger partial charge on any atom is 0.414 e. The molecular formula is C30H31F2N5O7. The summed E-state index contributed by atoms with van der Waals surface area (Å²) >= 11 is 0. The molecule has 1 unspecified atom stereocenters. The highest BCUT2D eigenvalue weighted by Crippen LogP contribution is 2.38. The molecule has 0 radical (unpaired) electrons. The Morgan fingerprint density at radius 1 is 1.05 bits per heavy atom. The molecule has 3 N–H and O–H groups in total. The SMILES string of the molecule is CCOC(=O)[C@@H](N)C1CN(c2ccc(N3CCN(c4cc5c(cc4F)c(=O)c(C(=O)O)cn5C4CC4)CC3)c(F)c2)C(=O)O1. The summed E-state index contributed by atoms with van der Waals surface area (Å²) in [6.45, 7) is 3.17. The molecule has 1 saturated carbocycles. The Kier molecular flexibility index (Phi) is 7.61. The van der Waals surface area contributed by atoms with Crippen LogP contribution in [-0.2, 0) is 14.3 Å². The predicted octanol–water partition coefficient (Wildman–Crippen LogP) is 2.86. The molecule has 2 aliphatic heterocycles. The van der Waals surface area contributed by atoms with E-state index in [0.29, 0.717) is 37.4 Å². The molecule has 3 fully saturated rings. The first-order valence-corrected chi connectivity index (χ1v) is 14.4. The first-order valence-electron chi connectivity index (χ1n) is 14.4. The summed E-state index contributed by atoms with van der Waals surface area (Å²) in [4.78, 5) is 53.7. The number of carboxylic acids is 1. The number of carbonyl (C=O) groups excluding carboxylic acids is 2. The van der Waals surface area contributed by atoms with Crippen LogP contribution in [0.2, 0.25) is 0 Å². The first kappa shape index (κ1) is 29.4.